The van der Waals surface area contributed by atoms with Crippen LogP contribution in [-0.4, -0.2) is 21.0 Å². The van der Waals surface area contributed by atoms with Gasteiger partial charge in [-0.2, -0.15) is 4.39 Å². The van der Waals surface area contributed by atoms with E-state index in [4.69, 9.17) is 10.8 Å². The van der Waals surface area contributed by atoms with Gasteiger partial charge in [0, 0.05) is 12.1 Å². The van der Waals surface area contributed by atoms with Crippen molar-refractivity contribution in [3.63, 3.8) is 0 Å². The van der Waals surface area contributed by atoms with Gasteiger partial charge in [0.25, 0.3) is 5.69 Å². The van der Waals surface area contributed by atoms with Crippen LogP contribution < -0.4 is 5.73 Å². The van der Waals surface area contributed by atoms with Gasteiger partial charge in [-0.15, -0.1) is 0 Å². The average Bonchev–Trinajstić information content (AvgIpc) is 2.16. The minimum absolute atomic E-state index is 0.620. The number of carbonyl (C=O) groups is 1. The van der Waals surface area contributed by atoms with Gasteiger partial charge in [-0.25, -0.2) is 9.78 Å². The van der Waals surface area contributed by atoms with E-state index >= 15 is 0 Å². The van der Waals surface area contributed by atoms with Crippen LogP contribution in [0.5, 0.6) is 0 Å². The highest BCUT2D eigenvalue weighted by Crippen LogP contribution is 2.26. The van der Waals surface area contributed by atoms with Crippen molar-refractivity contribution in [3.8, 4) is 0 Å². The molecule has 0 saturated heterocycles. The Labute approximate surface area is 88.9 Å². The fraction of sp³-hybridized carbons (Fsp3) is 0.250. The first-order chi connectivity index (χ1) is 7.26. The quantitative estimate of drug-likeness (QED) is 0.439. The van der Waals surface area contributed by atoms with Crippen molar-refractivity contribution >= 4 is 11.7 Å². The lowest BCUT2D eigenvalue weighted by atomic mass is 9.97. The molecule has 0 spiro atoms. The maximum absolute atomic E-state index is 12.8. The van der Waals surface area contributed by atoms with Gasteiger partial charge in [-0.3, -0.25) is 10.1 Å². The number of hydrogen-bond acceptors (Lipinski definition) is 5. The van der Waals surface area contributed by atoms with E-state index < -0.39 is 33.8 Å². The molecule has 1 heterocycles. The first kappa shape index (κ1) is 12.0. The van der Waals surface area contributed by atoms with E-state index in [2.05, 4.69) is 4.98 Å². The fourth-order valence-corrected chi connectivity index (χ4v) is 1.06. The van der Waals surface area contributed by atoms with Crippen molar-refractivity contribution in [2.45, 2.75) is 12.5 Å². The normalized spacial score (nSPS) is 14.2. The summed E-state index contributed by atoms with van der Waals surface area (Å²) in [4.78, 5) is 23.7. The molecule has 0 aromatic carbocycles. The van der Waals surface area contributed by atoms with Gasteiger partial charge in [0.1, 0.15) is 0 Å². The van der Waals surface area contributed by atoms with Crippen molar-refractivity contribution in [1.82, 2.24) is 4.98 Å². The highest BCUT2D eigenvalue weighted by Gasteiger charge is 2.38. The van der Waals surface area contributed by atoms with Crippen LogP contribution in [0, 0.1) is 16.1 Å². The second-order valence-electron chi connectivity index (χ2n) is 3.27. The Morgan fingerprint density at radius 2 is 2.25 bits per heavy atom. The zero-order chi connectivity index (χ0) is 12.5. The summed E-state index contributed by atoms with van der Waals surface area (Å²) in [7, 11) is 0. The van der Waals surface area contributed by atoms with E-state index in [1.165, 1.54) is 0 Å². The Balaban J connectivity index is 3.47. The molecule has 8 heteroatoms. The summed E-state index contributed by atoms with van der Waals surface area (Å²) in [5, 5.41) is 19.4. The topological polar surface area (TPSA) is 119 Å². The number of carboxylic acid groups (broad SMARTS) is 1. The smallest absolute Gasteiger partial charge is 0.329 e. The third-order valence-corrected chi connectivity index (χ3v) is 1.97. The van der Waals surface area contributed by atoms with Gasteiger partial charge in [0.2, 0.25) is 5.95 Å². The summed E-state index contributed by atoms with van der Waals surface area (Å²) in [6.45, 7) is 1.00. The molecule has 1 aromatic rings. The average molecular weight is 229 g/mol. The van der Waals surface area contributed by atoms with Gasteiger partial charge >= 0.3 is 5.97 Å². The molecule has 1 unspecified atom stereocenters. The first-order valence-electron chi connectivity index (χ1n) is 4.10. The second-order valence-corrected chi connectivity index (χ2v) is 3.27. The molecule has 16 heavy (non-hydrogen) atoms. The molecule has 0 aliphatic heterocycles. The van der Waals surface area contributed by atoms with Crippen molar-refractivity contribution in [2.75, 3.05) is 0 Å². The number of nitro groups is 1. The van der Waals surface area contributed by atoms with E-state index in [0.29, 0.717) is 0 Å². The summed E-state index contributed by atoms with van der Waals surface area (Å²) in [6.07, 6.45) is 0. The van der Waals surface area contributed by atoms with E-state index in [1.807, 2.05) is 0 Å². The summed E-state index contributed by atoms with van der Waals surface area (Å²) >= 11 is 0. The number of carboxylic acids is 1. The Morgan fingerprint density at radius 1 is 1.69 bits per heavy atom. The second kappa shape index (κ2) is 3.81. The molecule has 0 amide bonds. The Morgan fingerprint density at radius 3 is 2.69 bits per heavy atom. The van der Waals surface area contributed by atoms with Crippen LogP contribution in [0.2, 0.25) is 0 Å². The van der Waals surface area contributed by atoms with Gasteiger partial charge in [0.05, 0.1) is 4.92 Å². The van der Waals surface area contributed by atoms with Crippen LogP contribution in [-0.2, 0) is 10.3 Å². The fourth-order valence-electron chi connectivity index (χ4n) is 1.06. The minimum Gasteiger partial charge on any atom is -0.480 e. The molecule has 7 nitrogen and oxygen atoms in total. The predicted molar refractivity (Wildman–Crippen MR) is 50.0 cm³/mol. The van der Waals surface area contributed by atoms with Crippen LogP contribution in [0.3, 0.4) is 0 Å². The SMILES string of the molecule is CC(N)(C(=O)O)c1nc(F)ccc1[N+](=O)[O-]. The number of halogens is 1. The zero-order valence-corrected chi connectivity index (χ0v) is 8.18. The van der Waals surface area contributed by atoms with Crippen LogP contribution in [0.25, 0.3) is 0 Å². The third-order valence-electron chi connectivity index (χ3n) is 1.97. The molecule has 0 aliphatic rings. The van der Waals surface area contributed by atoms with E-state index in [9.17, 15) is 19.3 Å². The van der Waals surface area contributed by atoms with E-state index in [0.717, 1.165) is 19.1 Å². The standard InChI is InChI=1S/C8H8FN3O4/c1-8(10,7(13)14)6-4(12(15)16)2-3-5(9)11-6/h2-3H,10H2,1H3,(H,13,14). The summed E-state index contributed by atoms with van der Waals surface area (Å²) < 4.78 is 12.8. The molecule has 0 radical (unpaired) electrons. The number of hydrogen-bond donors (Lipinski definition) is 2. The van der Waals surface area contributed by atoms with Crippen LogP contribution in [0.4, 0.5) is 10.1 Å². The third kappa shape index (κ3) is 1.96. The zero-order valence-electron chi connectivity index (χ0n) is 8.18. The number of nitrogens with zero attached hydrogens (tertiary/aromatic N) is 2. The molecule has 0 saturated carbocycles. The molecule has 1 atom stereocenters. The Bertz CT molecular complexity index is 461. The monoisotopic (exact) mass is 229 g/mol. The Hall–Kier alpha value is -2.09. The van der Waals surface area contributed by atoms with Gasteiger partial charge in [-0.1, -0.05) is 0 Å². The number of aromatic nitrogens is 1. The predicted octanol–water partition coefficient (Wildman–Crippen LogP) is 0.387. The number of rotatable bonds is 3. The van der Waals surface area contributed by atoms with Crippen molar-refractivity contribution in [1.29, 1.82) is 0 Å². The molecule has 0 fully saturated rings. The number of pyridine rings is 1. The lowest BCUT2D eigenvalue weighted by Crippen LogP contribution is -2.43. The van der Waals surface area contributed by atoms with Crippen LogP contribution in [0.1, 0.15) is 12.6 Å². The molecule has 3 N–H and O–H groups in total. The molecule has 86 valence electrons. The van der Waals surface area contributed by atoms with Crippen molar-refractivity contribution in [2.24, 2.45) is 5.73 Å². The maximum atomic E-state index is 12.8. The maximum Gasteiger partial charge on any atom is 0.329 e. The van der Waals surface area contributed by atoms with E-state index in [1.54, 1.807) is 0 Å². The molecular weight excluding hydrogens is 221 g/mol. The van der Waals surface area contributed by atoms with Crippen LogP contribution in [0.15, 0.2) is 12.1 Å². The molecule has 1 aromatic heterocycles. The van der Waals surface area contributed by atoms with Gasteiger partial charge < -0.3 is 10.8 Å². The van der Waals surface area contributed by atoms with Crippen molar-refractivity contribution < 1.29 is 19.2 Å². The molecule has 0 aliphatic carbocycles. The first-order valence-corrected chi connectivity index (χ1v) is 4.10. The molecule has 0 bridgehead atoms. The van der Waals surface area contributed by atoms with Crippen molar-refractivity contribution in [3.05, 3.63) is 33.9 Å². The highest BCUT2D eigenvalue weighted by molar-refractivity contribution is 5.80. The van der Waals surface area contributed by atoms with E-state index in [-0.39, 0.29) is 0 Å². The van der Waals surface area contributed by atoms with Gasteiger partial charge in [0.15, 0.2) is 11.2 Å². The lowest BCUT2D eigenvalue weighted by molar-refractivity contribution is -0.386. The summed E-state index contributed by atoms with van der Waals surface area (Å²) in [5.41, 5.74) is 1.98. The molecular formula is C8H8FN3O4. The lowest BCUT2D eigenvalue weighted by Gasteiger charge is -2.17. The summed E-state index contributed by atoms with van der Waals surface area (Å²) in [5.74, 6) is -2.56. The number of aliphatic carboxylic acids is 1. The Kier molecular flexibility index (Phi) is 2.86. The summed E-state index contributed by atoms with van der Waals surface area (Å²) in [6, 6.07) is 1.59. The molecule has 1 rings (SSSR count). The highest BCUT2D eigenvalue weighted by atomic mass is 19.1. The number of nitrogens with two attached hydrogens (primary N) is 1. The van der Waals surface area contributed by atoms with Gasteiger partial charge in [-0.05, 0) is 6.92 Å². The largest absolute Gasteiger partial charge is 0.480 e. The minimum atomic E-state index is -2.12. The van der Waals surface area contributed by atoms with Crippen LogP contribution >= 0.6 is 0 Å².